The molecule has 10 nitrogen and oxygen atoms in total. The predicted molar refractivity (Wildman–Crippen MR) is 127 cm³/mol. The van der Waals surface area contributed by atoms with Gasteiger partial charge in [0.15, 0.2) is 5.82 Å². The second kappa shape index (κ2) is 13.4. The number of rotatable bonds is 7. The Bertz CT molecular complexity index is 1630. The van der Waals surface area contributed by atoms with Gasteiger partial charge in [-0.15, -0.1) is 0 Å². The van der Waals surface area contributed by atoms with Gasteiger partial charge in [0.1, 0.15) is 20.2 Å². The van der Waals surface area contributed by atoms with Crippen LogP contribution >= 0.6 is 0 Å². The van der Waals surface area contributed by atoms with Crippen molar-refractivity contribution in [3.05, 3.63) is 102 Å². The Morgan fingerprint density at radius 1 is 0.763 bits per heavy atom. The minimum Gasteiger partial charge on any atom is -0.744 e. The van der Waals surface area contributed by atoms with Gasteiger partial charge in [0, 0.05) is 17.5 Å². The average Bonchev–Trinajstić information content (AvgIpc) is 2.85. The molecule has 0 spiro atoms. The zero-order valence-electron chi connectivity index (χ0n) is 20.4. The number of carbonyl (C=O) groups excluding carboxylic acids is 1. The van der Waals surface area contributed by atoms with Gasteiger partial charge in [-0.2, -0.15) is 0 Å². The van der Waals surface area contributed by atoms with Gasteiger partial charge in [0.25, 0.3) is 5.91 Å². The maximum absolute atomic E-state index is 12.8. The van der Waals surface area contributed by atoms with Crippen molar-refractivity contribution in [3.8, 4) is 11.3 Å². The SMILES string of the molecule is O=C(Nc1ncc(-c2ccc(S(=O)(=O)[O-])cc2)nc1Cc1ccccc1)c1ccc(S(=O)(=O)[O-])cc1.[Na+].[Na+]. The molecule has 14 heteroatoms. The van der Waals surface area contributed by atoms with Gasteiger partial charge in [-0.1, -0.05) is 42.5 Å². The van der Waals surface area contributed by atoms with E-state index in [1.54, 1.807) is 0 Å². The molecule has 0 aliphatic heterocycles. The molecule has 0 aliphatic carbocycles. The molecule has 4 aromatic rings. The van der Waals surface area contributed by atoms with Gasteiger partial charge in [-0.05, 0) is 42.0 Å². The number of anilines is 1. The maximum atomic E-state index is 12.8. The number of hydrogen-bond donors (Lipinski definition) is 1. The van der Waals surface area contributed by atoms with Gasteiger partial charge < -0.3 is 14.4 Å². The number of nitrogens with one attached hydrogen (secondary N) is 1. The Balaban J connectivity index is 0.00000253. The zero-order valence-corrected chi connectivity index (χ0v) is 26.0. The van der Waals surface area contributed by atoms with E-state index >= 15 is 0 Å². The van der Waals surface area contributed by atoms with Crippen LogP contribution in [0.1, 0.15) is 21.6 Å². The molecular formula is C24H17N3Na2O7S2. The largest absolute Gasteiger partial charge is 1.00 e. The minimum atomic E-state index is -4.64. The van der Waals surface area contributed by atoms with E-state index in [-0.39, 0.29) is 75.4 Å². The molecule has 0 saturated heterocycles. The van der Waals surface area contributed by atoms with Crippen molar-refractivity contribution in [1.29, 1.82) is 0 Å². The number of benzene rings is 3. The van der Waals surface area contributed by atoms with Crippen molar-refractivity contribution in [3.63, 3.8) is 0 Å². The Kier molecular flexibility index (Phi) is 11.4. The summed E-state index contributed by atoms with van der Waals surface area (Å²) >= 11 is 0. The van der Waals surface area contributed by atoms with Crippen LogP contribution in [0.3, 0.4) is 0 Å². The molecule has 0 fully saturated rings. The maximum Gasteiger partial charge on any atom is 1.00 e. The van der Waals surface area contributed by atoms with Gasteiger partial charge in [0.2, 0.25) is 0 Å². The third-order valence-electron chi connectivity index (χ3n) is 5.13. The number of aromatic nitrogens is 2. The number of amides is 1. The van der Waals surface area contributed by atoms with Gasteiger partial charge in [-0.3, -0.25) is 4.79 Å². The fourth-order valence-corrected chi connectivity index (χ4v) is 4.27. The van der Waals surface area contributed by atoms with E-state index in [0.29, 0.717) is 23.4 Å². The molecule has 184 valence electrons. The van der Waals surface area contributed by atoms with Crippen molar-refractivity contribution in [2.45, 2.75) is 16.2 Å². The van der Waals surface area contributed by atoms with E-state index in [1.807, 2.05) is 30.3 Å². The van der Waals surface area contributed by atoms with Crippen LogP contribution in [0.25, 0.3) is 11.3 Å². The summed E-state index contributed by atoms with van der Waals surface area (Å²) in [5, 5.41) is 2.65. The summed E-state index contributed by atoms with van der Waals surface area (Å²) in [6.45, 7) is 0. The molecule has 0 radical (unpaired) electrons. The molecule has 0 atom stereocenters. The first-order valence-corrected chi connectivity index (χ1v) is 13.2. The molecule has 0 bridgehead atoms. The van der Waals surface area contributed by atoms with Crippen LogP contribution in [-0.2, 0) is 26.7 Å². The van der Waals surface area contributed by atoms with Crippen LogP contribution in [0.15, 0.2) is 94.9 Å². The summed E-state index contributed by atoms with van der Waals surface area (Å²) in [5.41, 5.74) is 2.30. The summed E-state index contributed by atoms with van der Waals surface area (Å²) in [6, 6.07) is 19.0. The third-order valence-corrected chi connectivity index (χ3v) is 6.83. The molecule has 1 aromatic heterocycles. The molecule has 4 rings (SSSR count). The average molecular weight is 570 g/mol. The fraction of sp³-hybridized carbons (Fsp3) is 0.0417. The van der Waals surface area contributed by atoms with Gasteiger partial charge in [0.05, 0.1) is 27.4 Å². The van der Waals surface area contributed by atoms with Crippen molar-refractivity contribution >= 4 is 32.0 Å². The second-order valence-electron chi connectivity index (χ2n) is 7.62. The normalized spacial score (nSPS) is 11.1. The second-order valence-corrected chi connectivity index (χ2v) is 10.4. The standard InChI is InChI=1S/C24H19N3O7S2.2Na/c28-24(18-8-12-20(13-9-18)36(32,33)34)27-23-21(14-16-4-2-1-3-5-16)26-22(15-25-23)17-6-10-19(11-7-17)35(29,30)31;;/h1-13,15H,14H2,(H,25,27,28)(H,29,30,31)(H,32,33,34);;/q;2*+1/p-2. The van der Waals surface area contributed by atoms with E-state index in [4.69, 9.17) is 0 Å². The number of hydrogen-bond acceptors (Lipinski definition) is 9. The first kappa shape index (κ1) is 32.2. The monoisotopic (exact) mass is 569 g/mol. The molecule has 1 N–H and O–H groups in total. The van der Waals surface area contributed by atoms with Crippen LogP contribution in [0.4, 0.5) is 5.82 Å². The first-order chi connectivity index (χ1) is 17.0. The molecule has 1 heterocycles. The molecule has 38 heavy (non-hydrogen) atoms. The van der Waals surface area contributed by atoms with E-state index in [2.05, 4.69) is 15.3 Å². The number of carbonyl (C=O) groups is 1. The van der Waals surface area contributed by atoms with Crippen LogP contribution in [0.5, 0.6) is 0 Å². The topological polar surface area (TPSA) is 169 Å². The molecule has 0 aliphatic rings. The molecule has 3 aromatic carbocycles. The number of nitrogens with zero attached hydrogens (tertiary/aromatic N) is 2. The van der Waals surface area contributed by atoms with E-state index in [9.17, 15) is 30.7 Å². The van der Waals surface area contributed by atoms with Crippen molar-refractivity contribution in [1.82, 2.24) is 9.97 Å². The molecule has 1 amide bonds. The summed E-state index contributed by atoms with van der Waals surface area (Å²) in [6.07, 6.45) is 1.69. The quantitative estimate of drug-likeness (QED) is 0.178. The van der Waals surface area contributed by atoms with Crippen molar-refractivity contribution < 1.29 is 89.9 Å². The summed E-state index contributed by atoms with van der Waals surface area (Å²) in [7, 11) is -9.23. The van der Waals surface area contributed by atoms with Crippen LogP contribution in [0.2, 0.25) is 0 Å². The van der Waals surface area contributed by atoms with Crippen molar-refractivity contribution in [2.75, 3.05) is 5.32 Å². The smallest absolute Gasteiger partial charge is 0.744 e. The molecule has 0 saturated carbocycles. The molecular weight excluding hydrogens is 552 g/mol. The van der Waals surface area contributed by atoms with Gasteiger partial charge >= 0.3 is 59.1 Å². The predicted octanol–water partition coefficient (Wildman–Crippen LogP) is -3.20. The van der Waals surface area contributed by atoms with Crippen molar-refractivity contribution in [2.24, 2.45) is 0 Å². The first-order valence-electron chi connectivity index (χ1n) is 10.3. The van der Waals surface area contributed by atoms with Gasteiger partial charge in [-0.25, -0.2) is 26.8 Å². The Labute approximate surface area is 264 Å². The molecule has 0 unspecified atom stereocenters. The van der Waals surface area contributed by atoms with Crippen LogP contribution in [0, 0.1) is 0 Å². The third kappa shape index (κ3) is 8.26. The van der Waals surface area contributed by atoms with E-state index in [1.165, 1.54) is 42.6 Å². The van der Waals surface area contributed by atoms with E-state index in [0.717, 1.165) is 17.7 Å². The summed E-state index contributed by atoms with van der Waals surface area (Å²) in [5.74, 6) is -0.432. The van der Waals surface area contributed by atoms with E-state index < -0.39 is 31.0 Å². The summed E-state index contributed by atoms with van der Waals surface area (Å²) < 4.78 is 67.0. The van der Waals surface area contributed by atoms with Crippen LogP contribution < -0.4 is 64.4 Å². The Morgan fingerprint density at radius 2 is 1.29 bits per heavy atom. The summed E-state index contributed by atoms with van der Waals surface area (Å²) in [4.78, 5) is 20.9. The minimum absolute atomic E-state index is 0. The fourth-order valence-electron chi connectivity index (χ4n) is 3.33. The zero-order chi connectivity index (χ0) is 25.9. The Morgan fingerprint density at radius 3 is 1.82 bits per heavy atom. The Hall–Kier alpha value is -1.97. The van der Waals surface area contributed by atoms with Crippen LogP contribution in [-0.4, -0.2) is 41.8 Å².